The molecule has 2 aromatic rings. The summed E-state index contributed by atoms with van der Waals surface area (Å²) in [6.45, 7) is 1.35. The molecule has 2 rings (SSSR count). The number of esters is 1. The average molecular weight is 413 g/mol. The van der Waals surface area contributed by atoms with E-state index >= 15 is 0 Å². The molecule has 0 bridgehead atoms. The van der Waals surface area contributed by atoms with Crippen LogP contribution in [-0.4, -0.2) is 39.3 Å². The Bertz CT molecular complexity index is 960. The fourth-order valence-corrected chi connectivity index (χ4v) is 2.83. The number of hydrogen-bond donors (Lipinski definition) is 1. The molecule has 0 unspecified atom stereocenters. The van der Waals surface area contributed by atoms with E-state index in [1.54, 1.807) is 24.3 Å². The van der Waals surface area contributed by atoms with Gasteiger partial charge >= 0.3 is 11.7 Å². The summed E-state index contributed by atoms with van der Waals surface area (Å²) in [7, 11) is -3.28. The number of ether oxygens (including phenoxy) is 2. The fourth-order valence-electron chi connectivity index (χ4n) is 2.11. The van der Waals surface area contributed by atoms with Gasteiger partial charge in [0.15, 0.2) is 6.10 Å². The minimum atomic E-state index is -4.76. The summed E-state index contributed by atoms with van der Waals surface area (Å²) >= 11 is 0. The Hall–Kier alpha value is -3.01. The highest BCUT2D eigenvalue weighted by Crippen LogP contribution is 2.20. The maximum atomic E-state index is 12.5. The second-order valence-electron chi connectivity index (χ2n) is 5.60. The second-order valence-corrected chi connectivity index (χ2v) is 7.52. The van der Waals surface area contributed by atoms with Crippen LogP contribution in [0.3, 0.4) is 0 Å². The van der Waals surface area contributed by atoms with Crippen LogP contribution in [0, 0.1) is 0 Å². The van der Waals surface area contributed by atoms with Crippen LogP contribution in [0.1, 0.15) is 17.3 Å². The number of benzene rings is 2. The molecule has 0 radical (unpaired) electrons. The topological polar surface area (TPSA) is 98.8 Å². The lowest BCUT2D eigenvalue weighted by atomic mass is 10.2. The molecular formula is C18H17F2NO6S. The largest absolute Gasteiger partial charge is 0.497 e. The van der Waals surface area contributed by atoms with E-state index < -0.39 is 38.5 Å². The first-order valence-electron chi connectivity index (χ1n) is 7.93. The van der Waals surface area contributed by atoms with Crippen LogP contribution in [0.15, 0.2) is 53.4 Å². The number of halogens is 2. The lowest BCUT2D eigenvalue weighted by Gasteiger charge is -2.14. The van der Waals surface area contributed by atoms with E-state index in [9.17, 15) is 26.8 Å². The summed E-state index contributed by atoms with van der Waals surface area (Å²) in [6.07, 6.45) is -1.16. The Balaban J connectivity index is 2.02. The predicted octanol–water partition coefficient (Wildman–Crippen LogP) is 2.88. The Morgan fingerprint density at radius 2 is 1.71 bits per heavy atom. The molecule has 2 aromatic carbocycles. The van der Waals surface area contributed by atoms with Crippen molar-refractivity contribution in [3.05, 3.63) is 54.1 Å². The van der Waals surface area contributed by atoms with E-state index in [1.807, 2.05) is 0 Å². The van der Waals surface area contributed by atoms with Gasteiger partial charge in [-0.2, -0.15) is 8.78 Å². The molecule has 0 spiro atoms. The third-order valence-electron chi connectivity index (χ3n) is 3.64. The predicted molar refractivity (Wildman–Crippen MR) is 96.1 cm³/mol. The zero-order valence-corrected chi connectivity index (χ0v) is 15.7. The zero-order chi connectivity index (χ0) is 20.9. The van der Waals surface area contributed by atoms with Gasteiger partial charge in [-0.15, -0.1) is 0 Å². The molecule has 0 aliphatic heterocycles. The quantitative estimate of drug-likeness (QED) is 0.701. The standard InChI is InChI=1S/C18H17F2NO6S/c1-11(16(22)21-13-4-3-5-14(10-13)26-2)27-17(23)12-6-8-15(9-7-12)28(24,25)18(19)20/h3-11,18H,1-2H3,(H,21,22)/t11-/m1/s1. The minimum absolute atomic E-state index is 0.0887. The number of carbonyl (C=O) groups is 2. The molecule has 0 aliphatic carbocycles. The van der Waals surface area contributed by atoms with Crippen LogP contribution in [0.25, 0.3) is 0 Å². The molecule has 1 atom stereocenters. The fraction of sp³-hybridized carbons (Fsp3) is 0.222. The number of rotatable bonds is 7. The van der Waals surface area contributed by atoms with Crippen molar-refractivity contribution in [2.24, 2.45) is 0 Å². The first-order valence-corrected chi connectivity index (χ1v) is 9.48. The second kappa shape index (κ2) is 8.79. The first kappa shape index (κ1) is 21.3. The van der Waals surface area contributed by atoms with Gasteiger partial charge in [-0.25, -0.2) is 13.2 Å². The molecule has 0 saturated carbocycles. The molecule has 0 aliphatic rings. The molecule has 28 heavy (non-hydrogen) atoms. The Kier molecular flexibility index (Phi) is 6.68. The maximum absolute atomic E-state index is 12.5. The monoisotopic (exact) mass is 413 g/mol. The Labute approximate surface area is 160 Å². The van der Waals surface area contributed by atoms with Gasteiger partial charge in [0.25, 0.3) is 5.91 Å². The SMILES string of the molecule is COc1cccc(NC(=O)[C@@H](C)OC(=O)c2ccc(S(=O)(=O)C(F)F)cc2)c1. The van der Waals surface area contributed by atoms with Crippen molar-refractivity contribution in [1.82, 2.24) is 0 Å². The van der Waals surface area contributed by atoms with Crippen molar-refractivity contribution >= 4 is 27.4 Å². The smallest absolute Gasteiger partial charge is 0.341 e. The van der Waals surface area contributed by atoms with E-state index in [-0.39, 0.29) is 5.56 Å². The number of amides is 1. The van der Waals surface area contributed by atoms with E-state index in [0.29, 0.717) is 11.4 Å². The lowest BCUT2D eigenvalue weighted by Crippen LogP contribution is -2.30. The molecule has 0 saturated heterocycles. The molecule has 0 heterocycles. The van der Waals surface area contributed by atoms with Gasteiger partial charge in [0.05, 0.1) is 17.6 Å². The van der Waals surface area contributed by atoms with Gasteiger partial charge in [0, 0.05) is 11.8 Å². The van der Waals surface area contributed by atoms with Crippen molar-refractivity contribution in [2.75, 3.05) is 12.4 Å². The van der Waals surface area contributed by atoms with Gasteiger partial charge in [0.1, 0.15) is 5.75 Å². The van der Waals surface area contributed by atoms with Crippen LogP contribution in [0.2, 0.25) is 0 Å². The Morgan fingerprint density at radius 3 is 2.29 bits per heavy atom. The molecular weight excluding hydrogens is 396 g/mol. The summed E-state index contributed by atoms with van der Waals surface area (Å²) in [6, 6.07) is 10.4. The Morgan fingerprint density at radius 1 is 1.07 bits per heavy atom. The average Bonchev–Trinajstić information content (AvgIpc) is 2.67. The number of alkyl halides is 2. The van der Waals surface area contributed by atoms with Gasteiger partial charge in [-0.1, -0.05) is 6.07 Å². The van der Waals surface area contributed by atoms with Gasteiger partial charge < -0.3 is 14.8 Å². The molecule has 7 nitrogen and oxygen atoms in total. The van der Waals surface area contributed by atoms with Crippen LogP contribution < -0.4 is 10.1 Å². The van der Waals surface area contributed by atoms with Crippen molar-refractivity contribution in [1.29, 1.82) is 0 Å². The summed E-state index contributed by atoms with van der Waals surface area (Å²) in [5.41, 5.74) is 0.350. The highest BCUT2D eigenvalue weighted by Gasteiger charge is 2.27. The van der Waals surface area contributed by atoms with Gasteiger partial charge in [0.2, 0.25) is 9.84 Å². The number of sulfone groups is 1. The minimum Gasteiger partial charge on any atom is -0.497 e. The van der Waals surface area contributed by atoms with Crippen molar-refractivity contribution < 1.29 is 36.3 Å². The van der Waals surface area contributed by atoms with Crippen molar-refractivity contribution in [3.8, 4) is 5.75 Å². The molecule has 0 fully saturated rings. The first-order chi connectivity index (χ1) is 13.1. The summed E-state index contributed by atoms with van der Waals surface area (Å²) in [4.78, 5) is 23.6. The molecule has 1 N–H and O–H groups in total. The van der Waals surface area contributed by atoms with E-state index in [2.05, 4.69) is 5.32 Å². The van der Waals surface area contributed by atoms with Gasteiger partial charge in [-0.05, 0) is 43.3 Å². The molecule has 1 amide bonds. The molecule has 10 heteroatoms. The van der Waals surface area contributed by atoms with Crippen LogP contribution in [0.5, 0.6) is 5.75 Å². The molecule has 0 aromatic heterocycles. The highest BCUT2D eigenvalue weighted by molar-refractivity contribution is 7.91. The number of nitrogens with one attached hydrogen (secondary N) is 1. The lowest BCUT2D eigenvalue weighted by molar-refractivity contribution is -0.123. The van der Waals surface area contributed by atoms with E-state index in [0.717, 1.165) is 24.3 Å². The number of carbonyl (C=O) groups excluding carboxylic acids is 2. The van der Waals surface area contributed by atoms with Crippen molar-refractivity contribution in [3.63, 3.8) is 0 Å². The number of hydrogen-bond acceptors (Lipinski definition) is 6. The maximum Gasteiger partial charge on any atom is 0.341 e. The normalized spacial score (nSPS) is 12.3. The highest BCUT2D eigenvalue weighted by atomic mass is 32.2. The third-order valence-corrected chi connectivity index (χ3v) is 5.04. The third kappa shape index (κ3) is 5.03. The van der Waals surface area contributed by atoms with E-state index in [1.165, 1.54) is 14.0 Å². The summed E-state index contributed by atoms with van der Waals surface area (Å²) in [5.74, 6) is -4.54. The van der Waals surface area contributed by atoms with Crippen LogP contribution in [0.4, 0.5) is 14.5 Å². The van der Waals surface area contributed by atoms with Crippen LogP contribution in [-0.2, 0) is 19.4 Å². The van der Waals surface area contributed by atoms with Crippen LogP contribution >= 0.6 is 0 Å². The van der Waals surface area contributed by atoms with Crippen molar-refractivity contribution in [2.45, 2.75) is 23.7 Å². The zero-order valence-electron chi connectivity index (χ0n) is 14.9. The van der Waals surface area contributed by atoms with E-state index in [4.69, 9.17) is 9.47 Å². The van der Waals surface area contributed by atoms with Gasteiger partial charge in [-0.3, -0.25) is 4.79 Å². The number of methoxy groups -OCH3 is 1. The summed E-state index contributed by atoms with van der Waals surface area (Å²) in [5, 5.41) is 2.56. The summed E-state index contributed by atoms with van der Waals surface area (Å²) < 4.78 is 57.8. The molecule has 150 valence electrons. The number of anilines is 1.